The first-order valence-electron chi connectivity index (χ1n) is 6.75. The zero-order valence-electron chi connectivity index (χ0n) is 11.6. The van der Waals surface area contributed by atoms with Gasteiger partial charge in [-0.3, -0.25) is 0 Å². The summed E-state index contributed by atoms with van der Waals surface area (Å²) >= 11 is 9.50. The lowest BCUT2D eigenvalue weighted by molar-refractivity contribution is 0.300. The molecule has 0 aliphatic rings. The molecule has 2 aromatic carbocycles. The van der Waals surface area contributed by atoms with E-state index in [1.54, 1.807) is 6.07 Å². The minimum Gasteiger partial charge on any atom is -0.490 e. The molecule has 0 saturated carbocycles. The van der Waals surface area contributed by atoms with E-state index in [0.29, 0.717) is 29.5 Å². The Balaban J connectivity index is 1.80. The van der Waals surface area contributed by atoms with E-state index >= 15 is 0 Å². The standard InChI is InChI=1S/C17H12BrClN2O/c18-13-5-6-16-14(9-13)12(10-20)11-21(16)7-8-22-17-4-2-1-3-15(17)19/h1-6,9,11H,7-8H2. The van der Waals surface area contributed by atoms with E-state index in [2.05, 4.69) is 22.0 Å². The van der Waals surface area contributed by atoms with Crippen LogP contribution in [-0.2, 0) is 6.54 Å². The topological polar surface area (TPSA) is 38.0 Å². The van der Waals surface area contributed by atoms with Crippen LogP contribution in [0.4, 0.5) is 0 Å². The number of ether oxygens (including phenoxy) is 1. The van der Waals surface area contributed by atoms with Gasteiger partial charge in [-0.05, 0) is 30.3 Å². The van der Waals surface area contributed by atoms with Crippen molar-refractivity contribution in [2.24, 2.45) is 0 Å². The van der Waals surface area contributed by atoms with Crippen molar-refractivity contribution < 1.29 is 4.74 Å². The van der Waals surface area contributed by atoms with Crippen molar-refractivity contribution in [2.75, 3.05) is 6.61 Å². The van der Waals surface area contributed by atoms with E-state index < -0.39 is 0 Å². The highest BCUT2D eigenvalue weighted by Gasteiger charge is 2.09. The molecule has 110 valence electrons. The van der Waals surface area contributed by atoms with Gasteiger partial charge >= 0.3 is 0 Å². The minimum atomic E-state index is 0.481. The Morgan fingerprint density at radius 2 is 2.05 bits per heavy atom. The fourth-order valence-corrected chi connectivity index (χ4v) is 2.91. The van der Waals surface area contributed by atoms with Crippen LogP contribution in [0, 0.1) is 11.3 Å². The molecule has 0 radical (unpaired) electrons. The number of hydrogen-bond acceptors (Lipinski definition) is 2. The lowest BCUT2D eigenvalue weighted by atomic mass is 10.2. The fourth-order valence-electron chi connectivity index (χ4n) is 2.36. The number of fused-ring (bicyclic) bond motifs is 1. The molecular formula is C17H12BrClN2O. The molecule has 22 heavy (non-hydrogen) atoms. The zero-order chi connectivity index (χ0) is 15.5. The van der Waals surface area contributed by atoms with Crippen molar-refractivity contribution in [3.8, 4) is 11.8 Å². The van der Waals surface area contributed by atoms with Gasteiger partial charge in [0.1, 0.15) is 18.4 Å². The summed E-state index contributed by atoms with van der Waals surface area (Å²) in [6.07, 6.45) is 1.85. The first kappa shape index (κ1) is 15.0. The Labute approximate surface area is 141 Å². The van der Waals surface area contributed by atoms with Crippen molar-refractivity contribution in [1.82, 2.24) is 4.57 Å². The molecular weight excluding hydrogens is 364 g/mol. The quantitative estimate of drug-likeness (QED) is 0.643. The summed E-state index contributed by atoms with van der Waals surface area (Å²) in [4.78, 5) is 0. The van der Waals surface area contributed by atoms with Crippen molar-refractivity contribution in [1.29, 1.82) is 5.26 Å². The molecule has 0 fully saturated rings. The second-order valence-electron chi connectivity index (χ2n) is 4.79. The highest BCUT2D eigenvalue weighted by atomic mass is 79.9. The van der Waals surface area contributed by atoms with Crippen LogP contribution in [0.1, 0.15) is 5.56 Å². The third-order valence-electron chi connectivity index (χ3n) is 3.39. The molecule has 3 nitrogen and oxygen atoms in total. The molecule has 1 aromatic heterocycles. The molecule has 0 amide bonds. The third kappa shape index (κ3) is 2.96. The molecule has 3 aromatic rings. The van der Waals surface area contributed by atoms with Gasteiger partial charge in [-0.15, -0.1) is 0 Å². The van der Waals surface area contributed by atoms with E-state index in [-0.39, 0.29) is 0 Å². The number of benzene rings is 2. The van der Waals surface area contributed by atoms with E-state index in [4.69, 9.17) is 16.3 Å². The van der Waals surface area contributed by atoms with Gasteiger partial charge in [-0.2, -0.15) is 5.26 Å². The summed E-state index contributed by atoms with van der Waals surface area (Å²) in [5, 5.41) is 10.8. The molecule has 1 heterocycles. The first-order chi connectivity index (χ1) is 10.7. The van der Waals surface area contributed by atoms with E-state index in [1.807, 2.05) is 47.2 Å². The van der Waals surface area contributed by atoms with Crippen molar-refractivity contribution in [2.45, 2.75) is 6.54 Å². The summed E-state index contributed by atoms with van der Waals surface area (Å²) in [6, 6.07) is 15.5. The summed E-state index contributed by atoms with van der Waals surface area (Å²) in [6.45, 7) is 1.12. The zero-order valence-corrected chi connectivity index (χ0v) is 13.9. The Hall–Kier alpha value is -1.96. The SMILES string of the molecule is N#Cc1cn(CCOc2ccccc2Cl)c2ccc(Br)cc12. The van der Waals surface area contributed by atoms with Crippen LogP contribution < -0.4 is 4.74 Å². The van der Waals surface area contributed by atoms with Crippen molar-refractivity contribution >= 4 is 38.4 Å². The van der Waals surface area contributed by atoms with Gasteiger partial charge in [0.15, 0.2) is 0 Å². The predicted octanol–water partition coefficient (Wildman–Crippen LogP) is 5.01. The van der Waals surface area contributed by atoms with Crippen LogP contribution in [0.25, 0.3) is 10.9 Å². The number of nitrogens with zero attached hydrogens (tertiary/aromatic N) is 2. The Morgan fingerprint density at radius 1 is 1.23 bits per heavy atom. The van der Waals surface area contributed by atoms with Gasteiger partial charge < -0.3 is 9.30 Å². The number of para-hydroxylation sites is 1. The van der Waals surface area contributed by atoms with E-state index in [0.717, 1.165) is 15.4 Å². The Bertz CT molecular complexity index is 867. The number of rotatable bonds is 4. The van der Waals surface area contributed by atoms with Gasteiger partial charge in [0.05, 0.1) is 17.1 Å². The van der Waals surface area contributed by atoms with Gasteiger partial charge in [0.25, 0.3) is 0 Å². The molecule has 0 atom stereocenters. The molecule has 0 unspecified atom stereocenters. The maximum absolute atomic E-state index is 9.25. The van der Waals surface area contributed by atoms with Crippen LogP contribution in [0.3, 0.4) is 0 Å². The molecule has 5 heteroatoms. The fraction of sp³-hybridized carbons (Fsp3) is 0.118. The van der Waals surface area contributed by atoms with Crippen molar-refractivity contribution in [3.05, 3.63) is 63.7 Å². The van der Waals surface area contributed by atoms with Crippen LogP contribution in [0.5, 0.6) is 5.75 Å². The maximum Gasteiger partial charge on any atom is 0.137 e. The second kappa shape index (κ2) is 6.43. The first-order valence-corrected chi connectivity index (χ1v) is 7.92. The molecule has 0 saturated heterocycles. The smallest absolute Gasteiger partial charge is 0.137 e. The molecule has 0 spiro atoms. The number of halogens is 2. The minimum absolute atomic E-state index is 0.481. The van der Waals surface area contributed by atoms with Crippen LogP contribution >= 0.6 is 27.5 Å². The Kier molecular flexibility index (Phi) is 4.37. The van der Waals surface area contributed by atoms with Gasteiger partial charge in [-0.25, -0.2) is 0 Å². The van der Waals surface area contributed by atoms with Crippen LogP contribution in [0.2, 0.25) is 5.02 Å². The average Bonchev–Trinajstić information content (AvgIpc) is 2.86. The van der Waals surface area contributed by atoms with E-state index in [1.165, 1.54) is 0 Å². The van der Waals surface area contributed by atoms with Crippen LogP contribution in [-0.4, -0.2) is 11.2 Å². The van der Waals surface area contributed by atoms with Gasteiger partial charge in [0.2, 0.25) is 0 Å². The predicted molar refractivity (Wildman–Crippen MR) is 91.3 cm³/mol. The maximum atomic E-state index is 9.25. The summed E-state index contributed by atoms with van der Waals surface area (Å²) in [5.41, 5.74) is 1.68. The monoisotopic (exact) mass is 374 g/mol. The molecule has 0 N–H and O–H groups in total. The average molecular weight is 376 g/mol. The second-order valence-corrected chi connectivity index (χ2v) is 6.11. The molecule has 0 aliphatic heterocycles. The number of aromatic nitrogens is 1. The lowest BCUT2D eigenvalue weighted by Gasteiger charge is -2.09. The summed E-state index contributed by atoms with van der Waals surface area (Å²) < 4.78 is 8.70. The van der Waals surface area contributed by atoms with Gasteiger partial charge in [-0.1, -0.05) is 39.7 Å². The lowest BCUT2D eigenvalue weighted by Crippen LogP contribution is -2.07. The summed E-state index contributed by atoms with van der Waals surface area (Å²) in [7, 11) is 0. The van der Waals surface area contributed by atoms with E-state index in [9.17, 15) is 5.26 Å². The highest BCUT2D eigenvalue weighted by Crippen LogP contribution is 2.26. The molecule has 0 aliphatic carbocycles. The largest absolute Gasteiger partial charge is 0.490 e. The van der Waals surface area contributed by atoms with Crippen LogP contribution in [0.15, 0.2) is 53.1 Å². The highest BCUT2D eigenvalue weighted by molar-refractivity contribution is 9.10. The number of hydrogen-bond donors (Lipinski definition) is 0. The Morgan fingerprint density at radius 3 is 2.82 bits per heavy atom. The van der Waals surface area contributed by atoms with Crippen molar-refractivity contribution in [3.63, 3.8) is 0 Å². The molecule has 0 bridgehead atoms. The number of nitriles is 1. The normalized spacial score (nSPS) is 10.6. The molecule has 3 rings (SSSR count). The third-order valence-corrected chi connectivity index (χ3v) is 4.20. The summed E-state index contributed by atoms with van der Waals surface area (Å²) in [5.74, 6) is 0.670. The van der Waals surface area contributed by atoms with Gasteiger partial charge in [0, 0.05) is 21.6 Å².